The number of benzene rings is 1. The average Bonchev–Trinajstić information content (AvgIpc) is 3.15. The third kappa shape index (κ3) is 2.15. The van der Waals surface area contributed by atoms with Gasteiger partial charge in [-0.15, -0.1) is 5.10 Å². The van der Waals surface area contributed by atoms with Gasteiger partial charge in [0.05, 0.1) is 12.2 Å². The summed E-state index contributed by atoms with van der Waals surface area (Å²) in [5.41, 5.74) is 1.50. The number of amides is 1. The van der Waals surface area contributed by atoms with Crippen molar-refractivity contribution in [3.8, 4) is 5.88 Å². The Kier molecular flexibility index (Phi) is 3.67. The molecule has 146 valence electrons. The largest absolute Gasteiger partial charge is 0.462 e. The van der Waals surface area contributed by atoms with E-state index in [2.05, 4.69) is 10.4 Å². The van der Waals surface area contributed by atoms with Crippen LogP contribution in [0.4, 0.5) is 18.9 Å². The number of halogens is 3. The van der Waals surface area contributed by atoms with Crippen LogP contribution in [0.15, 0.2) is 35.7 Å². The lowest BCUT2D eigenvalue weighted by atomic mass is 9.68. The van der Waals surface area contributed by atoms with Crippen LogP contribution < -0.4 is 15.8 Å². The molecule has 0 bridgehead atoms. The second-order valence-electron chi connectivity index (χ2n) is 6.09. The smallest absolute Gasteiger partial charge is 0.433 e. The lowest BCUT2D eigenvalue weighted by Gasteiger charge is -2.33. The predicted octanol–water partition coefficient (Wildman–Crippen LogP) is 1.79. The first-order valence-corrected chi connectivity index (χ1v) is 8.15. The number of aromatic amines is 1. The fourth-order valence-corrected chi connectivity index (χ4v) is 3.63. The molecule has 11 heteroatoms. The van der Waals surface area contributed by atoms with Gasteiger partial charge in [-0.25, -0.2) is 4.79 Å². The van der Waals surface area contributed by atoms with Crippen molar-refractivity contribution in [3.05, 3.63) is 52.5 Å². The quantitative estimate of drug-likeness (QED) is 0.668. The van der Waals surface area contributed by atoms with Crippen molar-refractivity contribution in [1.29, 1.82) is 0 Å². The van der Waals surface area contributed by atoms with E-state index in [1.54, 1.807) is 6.07 Å². The number of nitrogens with zero attached hydrogens (tertiary/aromatic N) is 1. The minimum absolute atomic E-state index is 0.0840. The van der Waals surface area contributed by atoms with Gasteiger partial charge in [-0.1, -0.05) is 18.2 Å². The van der Waals surface area contributed by atoms with Gasteiger partial charge >= 0.3 is 12.1 Å². The summed E-state index contributed by atoms with van der Waals surface area (Å²) < 4.78 is 51.2. The molecule has 1 amide bonds. The number of fused-ring (bicyclic) bond motifs is 4. The number of H-pyrrole nitrogens is 1. The Labute approximate surface area is 155 Å². The molecule has 1 aromatic carbocycles. The van der Waals surface area contributed by atoms with Crippen LogP contribution >= 0.6 is 0 Å². The molecule has 2 aromatic rings. The van der Waals surface area contributed by atoms with Gasteiger partial charge in [-0.3, -0.25) is 9.89 Å². The zero-order valence-corrected chi connectivity index (χ0v) is 14.3. The van der Waals surface area contributed by atoms with Crippen LogP contribution in [0, 0.1) is 0 Å². The van der Waals surface area contributed by atoms with Crippen molar-refractivity contribution in [2.75, 3.05) is 11.9 Å². The molecule has 0 radical (unpaired) electrons. The van der Waals surface area contributed by atoms with Crippen LogP contribution in [0.25, 0.3) is 0 Å². The molecular formula is C17H13F3N4O4. The van der Waals surface area contributed by atoms with Gasteiger partial charge in [-0.05, 0) is 13.0 Å². The second-order valence-corrected chi connectivity index (χ2v) is 6.09. The van der Waals surface area contributed by atoms with Crippen molar-refractivity contribution in [3.63, 3.8) is 0 Å². The van der Waals surface area contributed by atoms with Crippen LogP contribution in [0.2, 0.25) is 0 Å². The van der Waals surface area contributed by atoms with Crippen LogP contribution in [0.3, 0.4) is 0 Å². The summed E-state index contributed by atoms with van der Waals surface area (Å²) in [6.07, 6.45) is -4.90. The highest BCUT2D eigenvalue weighted by Crippen LogP contribution is 2.55. The topological polar surface area (TPSA) is 119 Å². The molecule has 1 atom stereocenters. The standard InChI is InChI=1S/C17H13F3N4O4/c1-2-27-14(25)10-12(21)28-13-9(11(23-24-13)17(18,19)20)16(10)7-5-3-4-6-8(7)22-15(16)26/h3-6H,2,21H2,1H3,(H,22,26)(H,23,24). The molecule has 1 spiro atoms. The van der Waals surface area contributed by atoms with Gasteiger partial charge in [0.15, 0.2) is 0 Å². The Morgan fingerprint density at radius 1 is 1.36 bits per heavy atom. The van der Waals surface area contributed by atoms with Gasteiger partial charge in [0.1, 0.15) is 16.7 Å². The molecule has 4 N–H and O–H groups in total. The normalized spacial score (nSPS) is 20.5. The highest BCUT2D eigenvalue weighted by atomic mass is 19.4. The monoisotopic (exact) mass is 394 g/mol. The minimum Gasteiger partial charge on any atom is -0.462 e. The van der Waals surface area contributed by atoms with E-state index in [0.29, 0.717) is 0 Å². The number of rotatable bonds is 2. The maximum absolute atomic E-state index is 13.7. The van der Waals surface area contributed by atoms with Gasteiger partial charge in [0.25, 0.3) is 0 Å². The first-order chi connectivity index (χ1) is 13.2. The summed E-state index contributed by atoms with van der Waals surface area (Å²) in [5, 5.41) is 7.90. The van der Waals surface area contributed by atoms with Gasteiger partial charge < -0.3 is 20.5 Å². The van der Waals surface area contributed by atoms with E-state index >= 15 is 0 Å². The molecule has 3 heterocycles. The second kappa shape index (κ2) is 5.75. The number of alkyl halides is 3. The number of ether oxygens (including phenoxy) is 2. The molecule has 2 aliphatic heterocycles. The van der Waals surface area contributed by atoms with Crippen molar-refractivity contribution >= 4 is 17.6 Å². The Morgan fingerprint density at radius 2 is 2.07 bits per heavy atom. The summed E-state index contributed by atoms with van der Waals surface area (Å²) in [7, 11) is 0. The maximum atomic E-state index is 13.7. The van der Waals surface area contributed by atoms with Crippen LogP contribution in [0.5, 0.6) is 5.88 Å². The van der Waals surface area contributed by atoms with E-state index in [1.165, 1.54) is 25.1 Å². The lowest BCUT2D eigenvalue weighted by Crippen LogP contribution is -2.46. The third-order valence-corrected chi connectivity index (χ3v) is 4.62. The number of esters is 1. The Bertz CT molecular complexity index is 1040. The zero-order chi connectivity index (χ0) is 20.3. The summed E-state index contributed by atoms with van der Waals surface area (Å²) >= 11 is 0. The van der Waals surface area contributed by atoms with E-state index < -0.39 is 52.1 Å². The van der Waals surface area contributed by atoms with Crippen molar-refractivity contribution in [2.45, 2.75) is 18.5 Å². The van der Waals surface area contributed by atoms with E-state index in [-0.39, 0.29) is 17.9 Å². The van der Waals surface area contributed by atoms with E-state index in [4.69, 9.17) is 15.2 Å². The molecule has 0 saturated carbocycles. The van der Waals surface area contributed by atoms with Gasteiger partial charge in [0, 0.05) is 11.3 Å². The van der Waals surface area contributed by atoms with Crippen LogP contribution in [0.1, 0.15) is 23.7 Å². The van der Waals surface area contributed by atoms with Crippen LogP contribution in [-0.2, 0) is 25.9 Å². The number of aromatic nitrogens is 2. The molecule has 1 unspecified atom stereocenters. The predicted molar refractivity (Wildman–Crippen MR) is 87.9 cm³/mol. The number of carbonyl (C=O) groups is 2. The Hall–Kier alpha value is -3.50. The minimum atomic E-state index is -4.90. The molecule has 0 fully saturated rings. The number of para-hydroxylation sites is 1. The molecule has 2 aliphatic rings. The SMILES string of the molecule is CCOC(=O)C1=C(N)Oc2n[nH]c(C(F)(F)F)c2C12C(=O)Nc1ccccc12. The summed E-state index contributed by atoms with van der Waals surface area (Å²) in [6, 6.07) is 6.06. The zero-order valence-electron chi connectivity index (χ0n) is 14.3. The number of hydrogen-bond donors (Lipinski definition) is 3. The number of nitrogens with two attached hydrogens (primary N) is 1. The van der Waals surface area contributed by atoms with Crippen molar-refractivity contribution in [1.82, 2.24) is 10.2 Å². The summed E-state index contributed by atoms with van der Waals surface area (Å²) in [4.78, 5) is 25.8. The molecule has 0 aliphatic carbocycles. The number of carbonyl (C=O) groups excluding carboxylic acids is 2. The molecule has 0 saturated heterocycles. The lowest BCUT2D eigenvalue weighted by molar-refractivity contribution is -0.144. The number of nitrogens with one attached hydrogen (secondary N) is 2. The Balaban J connectivity index is 2.13. The van der Waals surface area contributed by atoms with E-state index in [9.17, 15) is 22.8 Å². The average molecular weight is 394 g/mol. The van der Waals surface area contributed by atoms with Crippen molar-refractivity contribution < 1.29 is 32.2 Å². The van der Waals surface area contributed by atoms with Crippen molar-refractivity contribution in [2.24, 2.45) is 5.73 Å². The van der Waals surface area contributed by atoms with E-state index in [1.807, 2.05) is 5.10 Å². The highest BCUT2D eigenvalue weighted by Gasteiger charge is 2.62. The van der Waals surface area contributed by atoms with Gasteiger partial charge in [0.2, 0.25) is 17.7 Å². The first kappa shape index (κ1) is 17.9. The molecule has 4 rings (SSSR count). The van der Waals surface area contributed by atoms with E-state index in [0.717, 1.165) is 0 Å². The van der Waals surface area contributed by atoms with Crippen LogP contribution in [-0.4, -0.2) is 28.7 Å². The first-order valence-electron chi connectivity index (χ1n) is 8.15. The number of anilines is 1. The fraction of sp³-hybridized carbons (Fsp3) is 0.235. The third-order valence-electron chi connectivity index (χ3n) is 4.62. The molecule has 1 aromatic heterocycles. The summed E-state index contributed by atoms with van der Waals surface area (Å²) in [5.74, 6) is -3.05. The number of hydrogen-bond acceptors (Lipinski definition) is 6. The Morgan fingerprint density at radius 3 is 2.75 bits per heavy atom. The summed E-state index contributed by atoms with van der Waals surface area (Å²) in [6.45, 7) is 1.43. The molecule has 28 heavy (non-hydrogen) atoms. The van der Waals surface area contributed by atoms with Gasteiger partial charge in [-0.2, -0.15) is 13.2 Å². The maximum Gasteiger partial charge on any atom is 0.433 e. The highest BCUT2D eigenvalue weighted by molar-refractivity contribution is 6.17. The molecular weight excluding hydrogens is 381 g/mol. The fourth-order valence-electron chi connectivity index (χ4n) is 3.63. The molecule has 8 nitrogen and oxygen atoms in total.